The highest BCUT2D eigenvalue weighted by Gasteiger charge is 2.10. The predicted octanol–water partition coefficient (Wildman–Crippen LogP) is 1.91. The fourth-order valence-electron chi connectivity index (χ4n) is 1.51. The van der Waals surface area contributed by atoms with E-state index in [1.165, 1.54) is 0 Å². The number of primary amides is 1. The van der Waals surface area contributed by atoms with Crippen LogP contribution in [0.2, 0.25) is 0 Å². The molecule has 1 aromatic carbocycles. The Bertz CT molecular complexity index is 484. The number of rotatable bonds is 9. The van der Waals surface area contributed by atoms with Gasteiger partial charge in [0.1, 0.15) is 11.5 Å². The summed E-state index contributed by atoms with van der Waals surface area (Å²) in [6.07, 6.45) is -0.518. The normalized spacial score (nSPS) is 12.0. The standard InChI is InChI=1S/C16H23NO5/c1-11(2)10-20-9-8-15(18)22-14-6-4-13(5-7-14)21-12(3)16(17)19/h4-7,11-12H,8-10H2,1-3H3,(H2,17,19). The molecule has 1 unspecified atom stereocenters. The topological polar surface area (TPSA) is 87.8 Å². The van der Waals surface area contributed by atoms with E-state index in [0.29, 0.717) is 30.6 Å². The van der Waals surface area contributed by atoms with Gasteiger partial charge in [-0.15, -0.1) is 0 Å². The van der Waals surface area contributed by atoms with Crippen molar-refractivity contribution >= 4 is 11.9 Å². The van der Waals surface area contributed by atoms with Gasteiger partial charge < -0.3 is 19.9 Å². The molecule has 0 aliphatic rings. The first-order chi connectivity index (χ1) is 10.4. The van der Waals surface area contributed by atoms with E-state index in [1.807, 2.05) is 13.8 Å². The molecule has 0 bridgehead atoms. The van der Waals surface area contributed by atoms with Crippen LogP contribution in [0.3, 0.4) is 0 Å². The van der Waals surface area contributed by atoms with Crippen LogP contribution in [-0.4, -0.2) is 31.2 Å². The van der Waals surface area contributed by atoms with Crippen LogP contribution >= 0.6 is 0 Å². The fourth-order valence-corrected chi connectivity index (χ4v) is 1.51. The lowest BCUT2D eigenvalue weighted by atomic mass is 10.2. The maximum Gasteiger partial charge on any atom is 0.313 e. The summed E-state index contributed by atoms with van der Waals surface area (Å²) in [4.78, 5) is 22.5. The Labute approximate surface area is 130 Å². The summed E-state index contributed by atoms with van der Waals surface area (Å²) < 4.78 is 15.8. The van der Waals surface area contributed by atoms with E-state index in [-0.39, 0.29) is 12.4 Å². The van der Waals surface area contributed by atoms with Gasteiger partial charge in [-0.3, -0.25) is 9.59 Å². The van der Waals surface area contributed by atoms with Gasteiger partial charge in [-0.1, -0.05) is 13.8 Å². The van der Waals surface area contributed by atoms with Crippen LogP contribution in [0.1, 0.15) is 27.2 Å². The molecule has 1 rings (SSSR count). The zero-order valence-corrected chi connectivity index (χ0v) is 13.2. The van der Waals surface area contributed by atoms with Crippen LogP contribution in [0.5, 0.6) is 11.5 Å². The molecule has 0 heterocycles. The highest BCUT2D eigenvalue weighted by Crippen LogP contribution is 2.19. The summed E-state index contributed by atoms with van der Waals surface area (Å²) in [5.74, 6) is 0.422. The zero-order chi connectivity index (χ0) is 16.5. The number of hydrogen-bond acceptors (Lipinski definition) is 5. The average molecular weight is 309 g/mol. The average Bonchev–Trinajstić information content (AvgIpc) is 2.45. The third-order valence-electron chi connectivity index (χ3n) is 2.67. The quantitative estimate of drug-likeness (QED) is 0.427. The molecule has 1 atom stereocenters. The van der Waals surface area contributed by atoms with E-state index in [4.69, 9.17) is 19.9 Å². The molecule has 1 amide bonds. The maximum atomic E-state index is 11.6. The van der Waals surface area contributed by atoms with Crippen molar-refractivity contribution in [2.75, 3.05) is 13.2 Å². The van der Waals surface area contributed by atoms with Crippen molar-refractivity contribution in [2.45, 2.75) is 33.3 Å². The van der Waals surface area contributed by atoms with Crippen molar-refractivity contribution in [3.63, 3.8) is 0 Å². The number of esters is 1. The van der Waals surface area contributed by atoms with E-state index in [2.05, 4.69) is 0 Å². The van der Waals surface area contributed by atoms with Crippen LogP contribution in [0.4, 0.5) is 0 Å². The molecule has 0 aliphatic heterocycles. The molecule has 0 saturated heterocycles. The van der Waals surface area contributed by atoms with Gasteiger partial charge in [0.25, 0.3) is 5.91 Å². The van der Waals surface area contributed by atoms with Crippen LogP contribution in [0, 0.1) is 5.92 Å². The molecule has 2 N–H and O–H groups in total. The minimum Gasteiger partial charge on any atom is -0.481 e. The molecule has 0 aromatic heterocycles. The van der Waals surface area contributed by atoms with Crippen LogP contribution in [-0.2, 0) is 14.3 Å². The Hall–Kier alpha value is -2.08. The Kier molecular flexibility index (Phi) is 7.39. The largest absolute Gasteiger partial charge is 0.481 e. The summed E-state index contributed by atoms with van der Waals surface area (Å²) >= 11 is 0. The lowest BCUT2D eigenvalue weighted by molar-refractivity contribution is -0.135. The predicted molar refractivity (Wildman–Crippen MR) is 81.6 cm³/mol. The van der Waals surface area contributed by atoms with Crippen LogP contribution < -0.4 is 15.2 Å². The Morgan fingerprint density at radius 1 is 1.09 bits per heavy atom. The third-order valence-corrected chi connectivity index (χ3v) is 2.67. The van der Waals surface area contributed by atoms with E-state index in [1.54, 1.807) is 31.2 Å². The summed E-state index contributed by atoms with van der Waals surface area (Å²) in [6.45, 7) is 6.61. The van der Waals surface area contributed by atoms with Crippen molar-refractivity contribution in [3.8, 4) is 11.5 Å². The first-order valence-electron chi connectivity index (χ1n) is 7.23. The van der Waals surface area contributed by atoms with Crippen molar-refractivity contribution < 1.29 is 23.8 Å². The lowest BCUT2D eigenvalue weighted by Crippen LogP contribution is -2.30. The number of hydrogen-bond donors (Lipinski definition) is 1. The van der Waals surface area contributed by atoms with Crippen molar-refractivity contribution in [3.05, 3.63) is 24.3 Å². The number of ether oxygens (including phenoxy) is 3. The molecule has 6 nitrogen and oxygen atoms in total. The zero-order valence-electron chi connectivity index (χ0n) is 13.2. The monoisotopic (exact) mass is 309 g/mol. The number of carbonyl (C=O) groups is 2. The van der Waals surface area contributed by atoms with Gasteiger partial charge in [-0.25, -0.2) is 0 Å². The minimum absolute atomic E-state index is 0.198. The van der Waals surface area contributed by atoms with E-state index in [0.717, 1.165) is 0 Å². The minimum atomic E-state index is -0.716. The molecule has 1 aromatic rings. The Balaban J connectivity index is 2.37. The second-order valence-electron chi connectivity index (χ2n) is 5.33. The van der Waals surface area contributed by atoms with Gasteiger partial charge in [-0.05, 0) is 37.1 Å². The van der Waals surface area contributed by atoms with Gasteiger partial charge in [0.15, 0.2) is 6.10 Å². The number of amides is 1. The molecule has 0 radical (unpaired) electrons. The molecule has 0 spiro atoms. The summed E-state index contributed by atoms with van der Waals surface area (Å²) in [7, 11) is 0. The van der Waals surface area contributed by atoms with E-state index >= 15 is 0 Å². The second-order valence-corrected chi connectivity index (χ2v) is 5.33. The van der Waals surface area contributed by atoms with Crippen molar-refractivity contribution in [1.82, 2.24) is 0 Å². The first-order valence-corrected chi connectivity index (χ1v) is 7.23. The lowest BCUT2D eigenvalue weighted by Gasteiger charge is -2.11. The number of benzene rings is 1. The van der Waals surface area contributed by atoms with Gasteiger partial charge in [0.05, 0.1) is 13.0 Å². The molecule has 6 heteroatoms. The Morgan fingerprint density at radius 2 is 1.68 bits per heavy atom. The number of nitrogens with two attached hydrogens (primary N) is 1. The smallest absolute Gasteiger partial charge is 0.313 e. The highest BCUT2D eigenvalue weighted by atomic mass is 16.5. The van der Waals surface area contributed by atoms with Gasteiger partial charge in [-0.2, -0.15) is 0 Å². The molecule has 22 heavy (non-hydrogen) atoms. The SMILES string of the molecule is CC(C)COCCC(=O)Oc1ccc(OC(C)C(N)=O)cc1. The first kappa shape index (κ1) is 18.0. The van der Waals surface area contributed by atoms with Crippen LogP contribution in [0.25, 0.3) is 0 Å². The second kappa shape index (κ2) is 9.04. The van der Waals surface area contributed by atoms with Gasteiger partial charge in [0.2, 0.25) is 0 Å². The highest BCUT2D eigenvalue weighted by molar-refractivity contribution is 5.78. The molecule has 0 saturated carbocycles. The third kappa shape index (κ3) is 7.08. The molecule has 0 aliphatic carbocycles. The molecular weight excluding hydrogens is 286 g/mol. The van der Waals surface area contributed by atoms with Crippen molar-refractivity contribution in [1.29, 1.82) is 0 Å². The van der Waals surface area contributed by atoms with E-state index in [9.17, 15) is 9.59 Å². The molecular formula is C16H23NO5. The summed E-state index contributed by atoms with van der Waals surface area (Å²) in [5, 5.41) is 0. The fraction of sp³-hybridized carbons (Fsp3) is 0.500. The van der Waals surface area contributed by atoms with E-state index < -0.39 is 12.0 Å². The maximum absolute atomic E-state index is 11.6. The van der Waals surface area contributed by atoms with Crippen molar-refractivity contribution in [2.24, 2.45) is 11.7 Å². The Morgan fingerprint density at radius 3 is 2.23 bits per heavy atom. The molecule has 0 fully saturated rings. The summed E-state index contributed by atoms with van der Waals surface area (Å²) in [5.41, 5.74) is 5.11. The van der Waals surface area contributed by atoms with Crippen LogP contribution in [0.15, 0.2) is 24.3 Å². The number of carbonyl (C=O) groups excluding carboxylic acids is 2. The molecule has 122 valence electrons. The van der Waals surface area contributed by atoms with Gasteiger partial charge >= 0.3 is 5.97 Å². The van der Waals surface area contributed by atoms with Gasteiger partial charge in [0, 0.05) is 6.61 Å². The summed E-state index contributed by atoms with van der Waals surface area (Å²) in [6, 6.07) is 6.40.